The van der Waals surface area contributed by atoms with Crippen molar-refractivity contribution >= 4 is 0 Å². The zero-order valence-corrected chi connectivity index (χ0v) is 9.88. The Balaban J connectivity index is 2.33. The molecule has 0 saturated heterocycles. The summed E-state index contributed by atoms with van der Waals surface area (Å²) in [5, 5.41) is 6.79. The summed E-state index contributed by atoms with van der Waals surface area (Å²) in [6.07, 6.45) is 1.83. The Labute approximate surface area is 92.3 Å². The van der Waals surface area contributed by atoms with Crippen LogP contribution in [0.3, 0.4) is 0 Å². The minimum atomic E-state index is 0.490. The number of rotatable bonds is 6. The van der Waals surface area contributed by atoms with Crippen molar-refractivity contribution in [3.63, 3.8) is 0 Å². The third-order valence-corrected chi connectivity index (χ3v) is 2.46. The van der Waals surface area contributed by atoms with Gasteiger partial charge < -0.3 is 10.6 Å². The van der Waals surface area contributed by atoms with Crippen LogP contribution in [-0.2, 0) is 6.54 Å². The number of likely N-dealkylation sites (N-methyl/N-ethyl adjacent to an activating group) is 1. The van der Waals surface area contributed by atoms with Crippen LogP contribution in [0.5, 0.6) is 0 Å². The van der Waals surface area contributed by atoms with Gasteiger partial charge in [-0.05, 0) is 32.0 Å². The molecule has 1 aromatic heterocycles. The lowest BCUT2D eigenvalue weighted by Gasteiger charge is -2.14. The Morgan fingerprint density at radius 3 is 2.93 bits per heavy atom. The van der Waals surface area contributed by atoms with Gasteiger partial charge in [-0.3, -0.25) is 4.98 Å². The fourth-order valence-corrected chi connectivity index (χ4v) is 1.42. The smallest absolute Gasteiger partial charge is 0.0417 e. The molecule has 1 rings (SSSR count). The average Bonchev–Trinajstić information content (AvgIpc) is 2.25. The van der Waals surface area contributed by atoms with Crippen molar-refractivity contribution in [2.75, 3.05) is 13.1 Å². The minimum absolute atomic E-state index is 0.490. The maximum Gasteiger partial charge on any atom is 0.0417 e. The van der Waals surface area contributed by atoms with Gasteiger partial charge in [-0.2, -0.15) is 0 Å². The van der Waals surface area contributed by atoms with Crippen LogP contribution in [-0.4, -0.2) is 24.1 Å². The molecule has 1 aromatic rings. The van der Waals surface area contributed by atoms with Crippen LogP contribution in [0.2, 0.25) is 0 Å². The lowest BCUT2D eigenvalue weighted by molar-refractivity contribution is 0.508. The molecule has 0 spiro atoms. The molecule has 0 bridgehead atoms. The van der Waals surface area contributed by atoms with Crippen molar-refractivity contribution in [1.29, 1.82) is 0 Å². The van der Waals surface area contributed by atoms with Gasteiger partial charge in [0.05, 0.1) is 0 Å². The van der Waals surface area contributed by atoms with E-state index in [0.717, 1.165) is 25.3 Å². The molecular formula is C12H21N3. The van der Waals surface area contributed by atoms with Crippen LogP contribution in [0.15, 0.2) is 18.3 Å². The maximum atomic E-state index is 4.26. The number of aromatic nitrogens is 1. The van der Waals surface area contributed by atoms with Crippen LogP contribution in [0.4, 0.5) is 0 Å². The van der Waals surface area contributed by atoms with Gasteiger partial charge in [-0.25, -0.2) is 0 Å². The number of hydrogen-bond acceptors (Lipinski definition) is 3. The van der Waals surface area contributed by atoms with Crippen LogP contribution in [0.1, 0.15) is 25.1 Å². The largest absolute Gasteiger partial charge is 0.315 e. The van der Waals surface area contributed by atoms with Crippen LogP contribution in [0.25, 0.3) is 0 Å². The van der Waals surface area contributed by atoms with E-state index in [1.54, 1.807) is 0 Å². The molecule has 0 fully saturated rings. The highest BCUT2D eigenvalue weighted by Gasteiger charge is 2.02. The third kappa shape index (κ3) is 4.40. The van der Waals surface area contributed by atoms with Crippen LogP contribution < -0.4 is 10.6 Å². The van der Waals surface area contributed by atoms with Crippen molar-refractivity contribution in [2.24, 2.45) is 0 Å². The molecule has 0 saturated carbocycles. The molecule has 1 heterocycles. The van der Waals surface area contributed by atoms with E-state index in [0.29, 0.717) is 6.04 Å². The second-order valence-electron chi connectivity index (χ2n) is 3.84. The number of nitrogens with one attached hydrogen (secondary N) is 2. The summed E-state index contributed by atoms with van der Waals surface area (Å²) in [5.41, 5.74) is 2.39. The van der Waals surface area contributed by atoms with Gasteiger partial charge in [0.25, 0.3) is 0 Å². The van der Waals surface area contributed by atoms with E-state index in [1.807, 2.05) is 19.2 Å². The molecule has 0 aliphatic rings. The summed E-state index contributed by atoms with van der Waals surface area (Å²) >= 11 is 0. The predicted molar refractivity (Wildman–Crippen MR) is 63.8 cm³/mol. The second-order valence-corrected chi connectivity index (χ2v) is 3.84. The molecule has 0 radical (unpaired) electrons. The number of nitrogens with zero attached hydrogens (tertiary/aromatic N) is 1. The molecule has 3 heteroatoms. The second kappa shape index (κ2) is 6.53. The van der Waals surface area contributed by atoms with E-state index in [1.165, 1.54) is 5.56 Å². The third-order valence-electron chi connectivity index (χ3n) is 2.46. The van der Waals surface area contributed by atoms with Gasteiger partial charge in [-0.1, -0.05) is 13.0 Å². The quantitative estimate of drug-likeness (QED) is 0.742. The molecule has 0 amide bonds. The highest BCUT2D eigenvalue weighted by Crippen LogP contribution is 2.02. The topological polar surface area (TPSA) is 37.0 Å². The first kappa shape index (κ1) is 12.1. The van der Waals surface area contributed by atoms with E-state index < -0.39 is 0 Å². The molecule has 3 nitrogen and oxygen atoms in total. The van der Waals surface area contributed by atoms with Crippen molar-refractivity contribution in [3.8, 4) is 0 Å². The van der Waals surface area contributed by atoms with Gasteiger partial charge in [0, 0.05) is 31.0 Å². The highest BCUT2D eigenvalue weighted by molar-refractivity contribution is 5.17. The summed E-state index contributed by atoms with van der Waals surface area (Å²) in [6.45, 7) is 9.29. The SMILES string of the molecule is CCNCC(C)NCc1cccnc1C. The summed E-state index contributed by atoms with van der Waals surface area (Å²) in [4.78, 5) is 4.26. The molecule has 1 unspecified atom stereocenters. The van der Waals surface area contributed by atoms with Gasteiger partial charge in [-0.15, -0.1) is 0 Å². The molecule has 0 aliphatic carbocycles. The van der Waals surface area contributed by atoms with E-state index in [9.17, 15) is 0 Å². The van der Waals surface area contributed by atoms with Gasteiger partial charge in [0.15, 0.2) is 0 Å². The Morgan fingerprint density at radius 1 is 1.47 bits per heavy atom. The first-order valence-electron chi connectivity index (χ1n) is 5.58. The summed E-state index contributed by atoms with van der Waals surface area (Å²) in [7, 11) is 0. The lowest BCUT2D eigenvalue weighted by Crippen LogP contribution is -2.35. The molecule has 2 N–H and O–H groups in total. The first-order chi connectivity index (χ1) is 7.24. The number of hydrogen-bond donors (Lipinski definition) is 2. The average molecular weight is 207 g/mol. The minimum Gasteiger partial charge on any atom is -0.315 e. The Kier molecular flexibility index (Phi) is 5.29. The van der Waals surface area contributed by atoms with E-state index in [4.69, 9.17) is 0 Å². The standard InChI is InChI=1S/C12H21N3/c1-4-13-8-10(2)15-9-12-6-5-7-14-11(12)3/h5-7,10,13,15H,4,8-9H2,1-3H3. The molecule has 1 atom stereocenters. The first-order valence-corrected chi connectivity index (χ1v) is 5.58. The summed E-state index contributed by atoms with van der Waals surface area (Å²) in [6, 6.07) is 4.60. The van der Waals surface area contributed by atoms with Crippen molar-refractivity contribution < 1.29 is 0 Å². The van der Waals surface area contributed by atoms with E-state index in [2.05, 4.69) is 35.5 Å². The highest BCUT2D eigenvalue weighted by atomic mass is 15.0. The zero-order valence-electron chi connectivity index (χ0n) is 9.88. The van der Waals surface area contributed by atoms with Crippen molar-refractivity contribution in [2.45, 2.75) is 33.4 Å². The molecule has 84 valence electrons. The summed E-state index contributed by atoms with van der Waals surface area (Å²) in [5.74, 6) is 0. The molecule has 15 heavy (non-hydrogen) atoms. The van der Waals surface area contributed by atoms with Gasteiger partial charge >= 0.3 is 0 Å². The normalized spacial score (nSPS) is 12.7. The number of aryl methyl sites for hydroxylation is 1. The van der Waals surface area contributed by atoms with Gasteiger partial charge in [0.1, 0.15) is 0 Å². The fraction of sp³-hybridized carbons (Fsp3) is 0.583. The predicted octanol–water partition coefficient (Wildman–Crippen LogP) is 1.48. The van der Waals surface area contributed by atoms with Crippen molar-refractivity contribution in [1.82, 2.24) is 15.6 Å². The van der Waals surface area contributed by atoms with Crippen LogP contribution in [0, 0.1) is 6.92 Å². The monoisotopic (exact) mass is 207 g/mol. The maximum absolute atomic E-state index is 4.26. The number of pyridine rings is 1. The Hall–Kier alpha value is -0.930. The fourth-order valence-electron chi connectivity index (χ4n) is 1.42. The lowest BCUT2D eigenvalue weighted by atomic mass is 10.2. The van der Waals surface area contributed by atoms with Crippen LogP contribution >= 0.6 is 0 Å². The van der Waals surface area contributed by atoms with E-state index in [-0.39, 0.29) is 0 Å². The molecular weight excluding hydrogens is 186 g/mol. The molecule has 0 aromatic carbocycles. The Morgan fingerprint density at radius 2 is 2.27 bits per heavy atom. The van der Waals surface area contributed by atoms with Crippen molar-refractivity contribution in [3.05, 3.63) is 29.6 Å². The Bertz CT molecular complexity index is 286. The summed E-state index contributed by atoms with van der Waals surface area (Å²) < 4.78 is 0. The van der Waals surface area contributed by atoms with E-state index >= 15 is 0 Å². The van der Waals surface area contributed by atoms with Gasteiger partial charge in [0.2, 0.25) is 0 Å². The zero-order chi connectivity index (χ0) is 11.1. The molecule has 0 aliphatic heterocycles.